The van der Waals surface area contributed by atoms with Gasteiger partial charge in [-0.2, -0.15) is 0 Å². The molecule has 1 aromatic rings. The van der Waals surface area contributed by atoms with Crippen molar-refractivity contribution < 1.29 is 14.0 Å². The molecular formula is C20H32N2O3. The van der Waals surface area contributed by atoms with Gasteiger partial charge in [0.2, 0.25) is 5.91 Å². The summed E-state index contributed by atoms with van der Waals surface area (Å²) in [6, 6.07) is 1.69. The van der Waals surface area contributed by atoms with E-state index in [-0.39, 0.29) is 11.8 Å². The number of amides is 2. The van der Waals surface area contributed by atoms with Crippen molar-refractivity contribution in [2.75, 3.05) is 26.2 Å². The zero-order valence-electron chi connectivity index (χ0n) is 15.7. The number of furan rings is 1. The van der Waals surface area contributed by atoms with E-state index in [0.29, 0.717) is 31.0 Å². The monoisotopic (exact) mass is 348 g/mol. The molecule has 1 saturated heterocycles. The number of carbonyl (C=O) groups excluding carboxylic acids is 2. The van der Waals surface area contributed by atoms with Crippen LogP contribution >= 0.6 is 0 Å². The predicted molar refractivity (Wildman–Crippen MR) is 98.3 cm³/mol. The van der Waals surface area contributed by atoms with Crippen LogP contribution in [-0.4, -0.2) is 47.8 Å². The zero-order valence-corrected chi connectivity index (χ0v) is 15.7. The van der Waals surface area contributed by atoms with Gasteiger partial charge in [-0.05, 0) is 31.2 Å². The highest BCUT2D eigenvalue weighted by atomic mass is 16.3. The molecule has 1 aromatic heterocycles. The van der Waals surface area contributed by atoms with Crippen LogP contribution in [0.5, 0.6) is 0 Å². The first-order valence-corrected chi connectivity index (χ1v) is 9.71. The quantitative estimate of drug-likeness (QED) is 0.635. The van der Waals surface area contributed by atoms with E-state index in [1.54, 1.807) is 6.07 Å². The molecule has 140 valence electrons. The minimum atomic E-state index is -0.0367. The van der Waals surface area contributed by atoms with Crippen LogP contribution in [0, 0.1) is 5.92 Å². The van der Waals surface area contributed by atoms with Crippen molar-refractivity contribution in [1.82, 2.24) is 9.80 Å². The Kier molecular flexibility index (Phi) is 8.02. The van der Waals surface area contributed by atoms with E-state index in [0.717, 1.165) is 38.8 Å². The maximum atomic E-state index is 12.6. The summed E-state index contributed by atoms with van der Waals surface area (Å²) in [4.78, 5) is 28.9. The Bertz CT molecular complexity index is 519. The molecule has 5 nitrogen and oxygen atoms in total. The number of rotatable bonds is 9. The third-order valence-electron chi connectivity index (χ3n) is 5.07. The van der Waals surface area contributed by atoms with Gasteiger partial charge >= 0.3 is 0 Å². The van der Waals surface area contributed by atoms with Crippen LogP contribution in [-0.2, 0) is 4.79 Å². The van der Waals surface area contributed by atoms with Crippen molar-refractivity contribution >= 4 is 11.8 Å². The average molecular weight is 348 g/mol. The van der Waals surface area contributed by atoms with Gasteiger partial charge < -0.3 is 14.2 Å². The summed E-state index contributed by atoms with van der Waals surface area (Å²) < 4.78 is 5.04. The first-order chi connectivity index (χ1) is 12.1. The van der Waals surface area contributed by atoms with Gasteiger partial charge in [-0.1, -0.05) is 33.1 Å². The minimum absolute atomic E-state index is 0.0367. The van der Waals surface area contributed by atoms with Crippen LogP contribution in [0.25, 0.3) is 0 Å². The van der Waals surface area contributed by atoms with Crippen LogP contribution in [0.1, 0.15) is 69.2 Å². The number of carbonyl (C=O) groups is 2. The van der Waals surface area contributed by atoms with Crippen molar-refractivity contribution in [3.05, 3.63) is 24.2 Å². The Morgan fingerprint density at radius 1 is 1.20 bits per heavy atom. The van der Waals surface area contributed by atoms with E-state index in [1.807, 2.05) is 9.80 Å². The summed E-state index contributed by atoms with van der Waals surface area (Å²) >= 11 is 0. The van der Waals surface area contributed by atoms with Crippen molar-refractivity contribution in [2.45, 2.75) is 58.8 Å². The molecule has 0 bridgehead atoms. The second kappa shape index (κ2) is 10.3. The third kappa shape index (κ3) is 6.22. The lowest BCUT2D eigenvalue weighted by Gasteiger charge is -2.31. The first kappa shape index (κ1) is 19.5. The highest BCUT2D eigenvalue weighted by Crippen LogP contribution is 2.17. The number of likely N-dealkylation sites (tertiary alicyclic amines) is 1. The molecule has 2 heterocycles. The topological polar surface area (TPSA) is 53.8 Å². The fourth-order valence-corrected chi connectivity index (χ4v) is 3.26. The van der Waals surface area contributed by atoms with Crippen LogP contribution in [0.3, 0.4) is 0 Å². The van der Waals surface area contributed by atoms with E-state index in [2.05, 4.69) is 13.8 Å². The van der Waals surface area contributed by atoms with Crippen LogP contribution < -0.4 is 0 Å². The van der Waals surface area contributed by atoms with Crippen molar-refractivity contribution in [3.8, 4) is 0 Å². The normalized spacial score (nSPS) is 15.4. The second-order valence-corrected chi connectivity index (χ2v) is 7.18. The van der Waals surface area contributed by atoms with E-state index >= 15 is 0 Å². The summed E-state index contributed by atoms with van der Waals surface area (Å²) in [5.41, 5.74) is 0.565. The van der Waals surface area contributed by atoms with Gasteiger partial charge in [0.15, 0.2) is 0 Å². The maximum Gasteiger partial charge on any atom is 0.257 e. The smallest absolute Gasteiger partial charge is 0.257 e. The van der Waals surface area contributed by atoms with E-state index in [9.17, 15) is 9.59 Å². The van der Waals surface area contributed by atoms with Gasteiger partial charge in [0.25, 0.3) is 5.91 Å². The predicted octanol–water partition coefficient (Wildman–Crippen LogP) is 3.95. The van der Waals surface area contributed by atoms with Gasteiger partial charge in [-0.3, -0.25) is 9.59 Å². The fourth-order valence-electron chi connectivity index (χ4n) is 3.26. The van der Waals surface area contributed by atoms with Gasteiger partial charge in [-0.25, -0.2) is 0 Å². The molecule has 1 aliphatic rings. The number of piperidine rings is 1. The maximum absolute atomic E-state index is 12.6. The van der Waals surface area contributed by atoms with Crippen LogP contribution in [0.15, 0.2) is 23.0 Å². The molecule has 1 aliphatic heterocycles. The molecule has 0 spiro atoms. The lowest BCUT2D eigenvalue weighted by atomic mass is 9.99. The molecule has 25 heavy (non-hydrogen) atoms. The summed E-state index contributed by atoms with van der Waals surface area (Å²) in [6.45, 7) is 7.31. The Labute approximate surface area is 151 Å². The second-order valence-electron chi connectivity index (χ2n) is 7.18. The molecule has 0 aromatic carbocycles. The lowest BCUT2D eigenvalue weighted by Crippen LogP contribution is -2.40. The molecule has 2 amide bonds. The molecule has 0 radical (unpaired) electrons. The Hall–Kier alpha value is -1.78. The highest BCUT2D eigenvalue weighted by molar-refractivity contribution is 5.94. The van der Waals surface area contributed by atoms with E-state index in [4.69, 9.17) is 4.42 Å². The lowest BCUT2D eigenvalue weighted by molar-refractivity contribution is -0.132. The summed E-state index contributed by atoms with van der Waals surface area (Å²) in [5, 5.41) is 0. The van der Waals surface area contributed by atoms with Crippen molar-refractivity contribution in [3.63, 3.8) is 0 Å². The summed E-state index contributed by atoms with van der Waals surface area (Å²) in [6.07, 6.45) is 10.0. The standard InChI is InChI=1S/C20H32N2O3/c1-3-4-5-6-11-22(20(24)18-10-15-25-16-18)14-9-19(23)21-12-7-17(2)8-13-21/h10,15-17H,3-9,11-14H2,1-2H3. The van der Waals surface area contributed by atoms with Crippen LogP contribution in [0.2, 0.25) is 0 Å². The van der Waals surface area contributed by atoms with Crippen molar-refractivity contribution in [1.29, 1.82) is 0 Å². The molecule has 0 N–H and O–H groups in total. The Morgan fingerprint density at radius 3 is 2.60 bits per heavy atom. The molecular weight excluding hydrogens is 316 g/mol. The largest absolute Gasteiger partial charge is 0.472 e. The molecule has 2 rings (SSSR count). The molecule has 0 unspecified atom stereocenters. The first-order valence-electron chi connectivity index (χ1n) is 9.71. The van der Waals surface area contributed by atoms with E-state index in [1.165, 1.54) is 25.4 Å². The number of hydrogen-bond acceptors (Lipinski definition) is 3. The Balaban J connectivity index is 1.86. The highest BCUT2D eigenvalue weighted by Gasteiger charge is 2.22. The van der Waals surface area contributed by atoms with Crippen LogP contribution in [0.4, 0.5) is 0 Å². The average Bonchev–Trinajstić information content (AvgIpc) is 3.15. The van der Waals surface area contributed by atoms with Gasteiger partial charge in [-0.15, -0.1) is 0 Å². The number of hydrogen-bond donors (Lipinski definition) is 0. The minimum Gasteiger partial charge on any atom is -0.472 e. The zero-order chi connectivity index (χ0) is 18.1. The molecule has 5 heteroatoms. The molecule has 0 saturated carbocycles. The van der Waals surface area contributed by atoms with Gasteiger partial charge in [0, 0.05) is 32.6 Å². The molecule has 0 aliphatic carbocycles. The third-order valence-corrected chi connectivity index (χ3v) is 5.07. The fraction of sp³-hybridized carbons (Fsp3) is 0.700. The SMILES string of the molecule is CCCCCCN(CCC(=O)N1CCC(C)CC1)C(=O)c1ccoc1. The number of unbranched alkanes of at least 4 members (excludes halogenated alkanes) is 3. The Morgan fingerprint density at radius 2 is 1.96 bits per heavy atom. The summed E-state index contributed by atoms with van der Waals surface area (Å²) in [7, 11) is 0. The van der Waals surface area contributed by atoms with E-state index < -0.39 is 0 Å². The molecule has 0 atom stereocenters. The van der Waals surface area contributed by atoms with Gasteiger partial charge in [0.1, 0.15) is 6.26 Å². The summed E-state index contributed by atoms with van der Waals surface area (Å²) in [5.74, 6) is 0.845. The van der Waals surface area contributed by atoms with Gasteiger partial charge in [0.05, 0.1) is 11.8 Å². The van der Waals surface area contributed by atoms with Crippen molar-refractivity contribution in [2.24, 2.45) is 5.92 Å². The molecule has 1 fully saturated rings. The number of nitrogens with zero attached hydrogens (tertiary/aromatic N) is 2.